The summed E-state index contributed by atoms with van der Waals surface area (Å²) >= 11 is 3.36. The van der Waals surface area contributed by atoms with E-state index >= 15 is 0 Å². The third kappa shape index (κ3) is 3.89. The highest BCUT2D eigenvalue weighted by Gasteiger charge is 2.34. The van der Waals surface area contributed by atoms with Crippen LogP contribution in [0.15, 0.2) is 64.2 Å². The van der Waals surface area contributed by atoms with Crippen LogP contribution in [0.2, 0.25) is 0 Å². The third-order valence-corrected chi connectivity index (χ3v) is 4.35. The van der Waals surface area contributed by atoms with Crippen LogP contribution in [0, 0.1) is 5.92 Å². The molecule has 1 N–H and O–H groups in total. The van der Waals surface area contributed by atoms with Crippen molar-refractivity contribution in [1.82, 2.24) is 5.43 Å². The number of hydrazone groups is 1. The van der Waals surface area contributed by atoms with Gasteiger partial charge in [0.25, 0.3) is 0 Å². The van der Waals surface area contributed by atoms with Crippen LogP contribution < -0.4 is 10.3 Å². The monoisotopic (exact) mass is 385 g/mol. The fourth-order valence-electron chi connectivity index (χ4n) is 2.55. The van der Waals surface area contributed by atoms with Crippen molar-refractivity contribution in [2.75, 3.05) is 11.4 Å². The Balaban J connectivity index is 1.58. The third-order valence-electron chi connectivity index (χ3n) is 3.82. The lowest BCUT2D eigenvalue weighted by molar-refractivity contribution is -0.126. The van der Waals surface area contributed by atoms with Gasteiger partial charge in [-0.15, -0.1) is 0 Å². The molecule has 1 aliphatic rings. The van der Waals surface area contributed by atoms with Crippen LogP contribution in [-0.4, -0.2) is 24.6 Å². The number of nitrogens with one attached hydrogen (secondary N) is 1. The Bertz CT molecular complexity index is 760. The number of rotatable bonds is 4. The molecule has 2 amide bonds. The van der Waals surface area contributed by atoms with Crippen molar-refractivity contribution >= 4 is 39.6 Å². The molecule has 0 spiro atoms. The summed E-state index contributed by atoms with van der Waals surface area (Å²) in [4.78, 5) is 26.0. The van der Waals surface area contributed by atoms with Gasteiger partial charge in [0.2, 0.25) is 11.8 Å². The highest BCUT2D eigenvalue weighted by molar-refractivity contribution is 9.10. The number of anilines is 1. The van der Waals surface area contributed by atoms with Gasteiger partial charge < -0.3 is 4.90 Å². The number of nitrogens with zero attached hydrogens (tertiary/aromatic N) is 2. The molecule has 122 valence electrons. The molecule has 0 unspecified atom stereocenters. The summed E-state index contributed by atoms with van der Waals surface area (Å²) in [6.07, 6.45) is 1.78. The zero-order chi connectivity index (χ0) is 16.9. The number of halogens is 1. The van der Waals surface area contributed by atoms with Crippen LogP contribution in [0.25, 0.3) is 0 Å². The largest absolute Gasteiger partial charge is 0.312 e. The minimum Gasteiger partial charge on any atom is -0.312 e. The lowest BCUT2D eigenvalue weighted by atomic mass is 10.1. The molecule has 0 radical (unpaired) electrons. The van der Waals surface area contributed by atoms with E-state index in [4.69, 9.17) is 0 Å². The minimum absolute atomic E-state index is 0.0433. The second-order valence-electron chi connectivity index (χ2n) is 5.53. The van der Waals surface area contributed by atoms with Gasteiger partial charge >= 0.3 is 0 Å². The molecule has 0 aromatic heterocycles. The van der Waals surface area contributed by atoms with E-state index < -0.39 is 0 Å². The maximum atomic E-state index is 12.2. The number of benzene rings is 2. The molecule has 5 nitrogen and oxygen atoms in total. The number of para-hydroxylation sites is 1. The van der Waals surface area contributed by atoms with Gasteiger partial charge in [-0.2, -0.15) is 5.10 Å². The Morgan fingerprint density at radius 2 is 1.88 bits per heavy atom. The van der Waals surface area contributed by atoms with Crippen molar-refractivity contribution in [2.45, 2.75) is 6.42 Å². The number of carbonyl (C=O) groups is 2. The van der Waals surface area contributed by atoms with Crippen LogP contribution in [0.4, 0.5) is 5.69 Å². The molecule has 1 fully saturated rings. The van der Waals surface area contributed by atoms with Crippen molar-refractivity contribution < 1.29 is 9.59 Å². The summed E-state index contributed by atoms with van der Waals surface area (Å²) in [7, 11) is 0. The summed E-state index contributed by atoms with van der Waals surface area (Å²) < 4.78 is 0.981. The van der Waals surface area contributed by atoms with Crippen molar-refractivity contribution in [1.29, 1.82) is 0 Å². The van der Waals surface area contributed by atoms with E-state index in [0.29, 0.717) is 6.54 Å². The molecule has 6 heteroatoms. The molecule has 1 saturated heterocycles. The molecule has 24 heavy (non-hydrogen) atoms. The van der Waals surface area contributed by atoms with Gasteiger partial charge in [-0.05, 0) is 29.8 Å². The summed E-state index contributed by atoms with van der Waals surface area (Å²) in [5.74, 6) is -0.673. The molecule has 1 atom stereocenters. The molecule has 0 aliphatic carbocycles. The van der Waals surface area contributed by atoms with Crippen LogP contribution in [0.3, 0.4) is 0 Å². The summed E-state index contributed by atoms with van der Waals surface area (Å²) in [5.41, 5.74) is 4.22. The van der Waals surface area contributed by atoms with Gasteiger partial charge in [-0.25, -0.2) is 5.43 Å². The Morgan fingerprint density at radius 3 is 2.58 bits per heavy atom. The van der Waals surface area contributed by atoms with Gasteiger partial charge in [0.15, 0.2) is 0 Å². The Morgan fingerprint density at radius 1 is 1.17 bits per heavy atom. The number of hydrogen-bond acceptors (Lipinski definition) is 3. The predicted octanol–water partition coefficient (Wildman–Crippen LogP) is 2.95. The fraction of sp³-hybridized carbons (Fsp3) is 0.167. The van der Waals surface area contributed by atoms with Crippen molar-refractivity contribution in [2.24, 2.45) is 11.0 Å². The van der Waals surface area contributed by atoms with Gasteiger partial charge in [0.1, 0.15) is 0 Å². The number of hydrogen-bond donors (Lipinski definition) is 1. The first kappa shape index (κ1) is 16.4. The highest BCUT2D eigenvalue weighted by atomic mass is 79.9. The van der Waals surface area contributed by atoms with Crippen molar-refractivity contribution in [3.63, 3.8) is 0 Å². The van der Waals surface area contributed by atoms with E-state index in [1.807, 2.05) is 54.6 Å². The average molecular weight is 386 g/mol. The second-order valence-corrected chi connectivity index (χ2v) is 6.44. The predicted molar refractivity (Wildman–Crippen MR) is 96.8 cm³/mol. The maximum absolute atomic E-state index is 12.2. The summed E-state index contributed by atoms with van der Waals surface area (Å²) in [5, 5.41) is 3.97. The van der Waals surface area contributed by atoms with E-state index in [-0.39, 0.29) is 24.2 Å². The van der Waals surface area contributed by atoms with Crippen LogP contribution in [-0.2, 0) is 9.59 Å². The molecule has 0 saturated carbocycles. The Kier molecular flexibility index (Phi) is 5.05. The minimum atomic E-state index is -0.389. The van der Waals surface area contributed by atoms with Gasteiger partial charge in [0, 0.05) is 23.1 Å². The van der Waals surface area contributed by atoms with Gasteiger partial charge in [-0.1, -0.05) is 46.3 Å². The molecule has 3 rings (SSSR count). The molecule has 1 heterocycles. The van der Waals surface area contributed by atoms with Crippen LogP contribution >= 0.6 is 15.9 Å². The zero-order valence-electron chi connectivity index (χ0n) is 12.9. The molecular formula is C18H16BrN3O2. The SMILES string of the molecule is O=C(N/N=C\c1ccc(Br)cc1)[C@@H]1CC(=O)N(c2ccccc2)C1. The standard InChI is InChI=1S/C18H16BrN3O2/c19-15-8-6-13(7-9-15)11-20-21-18(24)14-10-17(23)22(12-14)16-4-2-1-3-5-16/h1-9,11,14H,10,12H2,(H,21,24)/b20-11-/t14-/m1/s1. The van der Waals surface area contributed by atoms with Crippen LogP contribution in [0.1, 0.15) is 12.0 Å². The Hall–Kier alpha value is -2.47. The first-order valence-electron chi connectivity index (χ1n) is 7.57. The zero-order valence-corrected chi connectivity index (χ0v) is 14.4. The molecule has 2 aromatic carbocycles. The van der Waals surface area contributed by atoms with E-state index in [1.54, 1.807) is 11.1 Å². The van der Waals surface area contributed by atoms with Crippen molar-refractivity contribution in [3.05, 3.63) is 64.6 Å². The molecule has 0 bridgehead atoms. The lowest BCUT2D eigenvalue weighted by Crippen LogP contribution is -2.30. The molecule has 1 aliphatic heterocycles. The smallest absolute Gasteiger partial charge is 0.245 e. The topological polar surface area (TPSA) is 61.8 Å². The molecular weight excluding hydrogens is 370 g/mol. The lowest BCUT2D eigenvalue weighted by Gasteiger charge is -2.16. The Labute approximate surface area is 148 Å². The van der Waals surface area contributed by atoms with E-state index in [9.17, 15) is 9.59 Å². The number of carbonyl (C=O) groups excluding carboxylic acids is 2. The second kappa shape index (κ2) is 7.40. The highest BCUT2D eigenvalue weighted by Crippen LogP contribution is 2.24. The summed E-state index contributed by atoms with van der Waals surface area (Å²) in [6, 6.07) is 16.9. The first-order chi connectivity index (χ1) is 11.6. The fourth-order valence-corrected chi connectivity index (χ4v) is 2.82. The average Bonchev–Trinajstić information content (AvgIpc) is 2.99. The van der Waals surface area contributed by atoms with Crippen LogP contribution in [0.5, 0.6) is 0 Å². The normalized spacial score (nSPS) is 17.5. The molecule has 2 aromatic rings. The first-order valence-corrected chi connectivity index (χ1v) is 8.36. The maximum Gasteiger partial charge on any atom is 0.245 e. The van der Waals surface area contributed by atoms with Gasteiger partial charge in [0.05, 0.1) is 12.1 Å². The summed E-state index contributed by atoms with van der Waals surface area (Å²) in [6.45, 7) is 0.377. The quantitative estimate of drug-likeness (QED) is 0.649. The van der Waals surface area contributed by atoms with Crippen molar-refractivity contribution in [3.8, 4) is 0 Å². The van der Waals surface area contributed by atoms with Gasteiger partial charge in [-0.3, -0.25) is 9.59 Å². The van der Waals surface area contributed by atoms with E-state index in [0.717, 1.165) is 15.7 Å². The van der Waals surface area contributed by atoms with E-state index in [2.05, 4.69) is 26.5 Å². The van der Waals surface area contributed by atoms with E-state index in [1.165, 1.54) is 0 Å². The number of amides is 2.